The zero-order valence-corrected chi connectivity index (χ0v) is 16.9. The monoisotopic (exact) mass is 404 g/mol. The Morgan fingerprint density at radius 3 is 2.68 bits per heavy atom. The molecule has 3 rings (SSSR count). The summed E-state index contributed by atoms with van der Waals surface area (Å²) in [6, 6.07) is 5.08. The molecule has 2 aromatic rings. The maximum Gasteiger partial charge on any atom is 0.338 e. The van der Waals surface area contributed by atoms with Gasteiger partial charge in [-0.3, -0.25) is 9.59 Å². The number of amides is 1. The Morgan fingerprint density at radius 2 is 2.00 bits per heavy atom. The van der Waals surface area contributed by atoms with E-state index in [0.717, 1.165) is 23.1 Å². The number of aromatic nitrogens is 1. The molecule has 1 heterocycles. The van der Waals surface area contributed by atoms with Crippen LogP contribution in [0.2, 0.25) is 0 Å². The van der Waals surface area contributed by atoms with Crippen LogP contribution in [0.1, 0.15) is 49.4 Å². The van der Waals surface area contributed by atoms with Gasteiger partial charge in [-0.1, -0.05) is 24.2 Å². The van der Waals surface area contributed by atoms with E-state index in [1.165, 1.54) is 31.3 Å². The van der Waals surface area contributed by atoms with Gasteiger partial charge in [-0.15, -0.1) is 0 Å². The van der Waals surface area contributed by atoms with Crippen molar-refractivity contribution in [1.29, 1.82) is 0 Å². The number of thiazole rings is 1. The fourth-order valence-corrected chi connectivity index (χ4v) is 4.55. The number of nitrogens with zero attached hydrogens (tertiary/aromatic N) is 2. The van der Waals surface area contributed by atoms with Gasteiger partial charge in [-0.25, -0.2) is 4.79 Å². The lowest BCUT2D eigenvalue weighted by Crippen LogP contribution is -2.22. The molecule has 1 aromatic heterocycles. The summed E-state index contributed by atoms with van der Waals surface area (Å²) in [5, 5.41) is 0. The lowest BCUT2D eigenvalue weighted by atomic mass is 10.0. The van der Waals surface area contributed by atoms with Crippen LogP contribution in [0.5, 0.6) is 0 Å². The number of fused-ring (bicyclic) bond motifs is 1. The summed E-state index contributed by atoms with van der Waals surface area (Å²) in [5.74, 6) is -0.621. The van der Waals surface area contributed by atoms with Crippen LogP contribution >= 0.6 is 11.3 Å². The Labute approximate surface area is 167 Å². The summed E-state index contributed by atoms with van der Waals surface area (Å²) in [4.78, 5) is 41.0. The number of ether oxygens (including phenoxy) is 2. The maximum atomic E-state index is 12.4. The molecule has 150 valence electrons. The number of methoxy groups -OCH3 is 1. The van der Waals surface area contributed by atoms with Crippen molar-refractivity contribution in [2.75, 3.05) is 13.7 Å². The number of carbonyl (C=O) groups excluding carboxylic acids is 3. The summed E-state index contributed by atoms with van der Waals surface area (Å²) < 4.78 is 12.2. The molecule has 0 atom stereocenters. The molecular weight excluding hydrogens is 380 g/mol. The summed E-state index contributed by atoms with van der Waals surface area (Å²) in [6.07, 6.45) is 4.90. The first-order valence-corrected chi connectivity index (χ1v) is 10.3. The second-order valence-electron chi connectivity index (χ2n) is 6.81. The number of hydrogen-bond donors (Lipinski definition) is 0. The standard InChI is InChI=1S/C20H24N2O5S/c1-3-27-19(25)14-8-9-15-16(11-14)28-20(22(15)12-18(24)26-2)21-17(23)10-13-6-4-5-7-13/h8-9,11,13H,3-7,10,12H2,1-2H3. The molecule has 0 aliphatic heterocycles. The van der Waals surface area contributed by atoms with Crippen LogP contribution in [0.4, 0.5) is 0 Å². The van der Waals surface area contributed by atoms with Gasteiger partial charge < -0.3 is 14.0 Å². The van der Waals surface area contributed by atoms with Gasteiger partial charge in [-0.05, 0) is 43.9 Å². The highest BCUT2D eigenvalue weighted by molar-refractivity contribution is 7.16. The Bertz CT molecular complexity index is 953. The second-order valence-corrected chi connectivity index (χ2v) is 7.82. The zero-order chi connectivity index (χ0) is 20.1. The van der Waals surface area contributed by atoms with Crippen molar-refractivity contribution >= 4 is 39.4 Å². The molecule has 0 bridgehead atoms. The first kappa shape index (κ1) is 20.3. The summed E-state index contributed by atoms with van der Waals surface area (Å²) in [7, 11) is 1.32. The highest BCUT2D eigenvalue weighted by Gasteiger charge is 2.19. The Kier molecular flexibility index (Phi) is 6.61. The van der Waals surface area contributed by atoms with Crippen molar-refractivity contribution in [3.05, 3.63) is 28.6 Å². The van der Waals surface area contributed by atoms with E-state index >= 15 is 0 Å². The minimum Gasteiger partial charge on any atom is -0.468 e. The van der Waals surface area contributed by atoms with Crippen molar-refractivity contribution < 1.29 is 23.9 Å². The first-order valence-electron chi connectivity index (χ1n) is 9.46. The third-order valence-electron chi connectivity index (χ3n) is 4.87. The van der Waals surface area contributed by atoms with E-state index < -0.39 is 11.9 Å². The summed E-state index contributed by atoms with van der Waals surface area (Å²) in [5.41, 5.74) is 1.14. The van der Waals surface area contributed by atoms with E-state index in [4.69, 9.17) is 9.47 Å². The quantitative estimate of drug-likeness (QED) is 0.691. The Balaban J connectivity index is 1.99. The third-order valence-corrected chi connectivity index (χ3v) is 5.91. The summed E-state index contributed by atoms with van der Waals surface area (Å²) in [6.45, 7) is 1.99. The smallest absolute Gasteiger partial charge is 0.338 e. The average molecular weight is 404 g/mol. The molecule has 0 spiro atoms. The maximum absolute atomic E-state index is 12.4. The number of hydrogen-bond acceptors (Lipinski definition) is 6. The van der Waals surface area contributed by atoms with E-state index in [1.807, 2.05) is 0 Å². The molecule has 1 aromatic carbocycles. The van der Waals surface area contributed by atoms with E-state index in [2.05, 4.69) is 4.99 Å². The van der Waals surface area contributed by atoms with Crippen molar-refractivity contribution in [1.82, 2.24) is 4.57 Å². The molecule has 0 radical (unpaired) electrons. The fraction of sp³-hybridized carbons (Fsp3) is 0.500. The van der Waals surface area contributed by atoms with Crippen LogP contribution in [-0.4, -0.2) is 36.1 Å². The van der Waals surface area contributed by atoms with Crippen LogP contribution in [0, 0.1) is 5.92 Å². The normalized spacial score (nSPS) is 15.1. The zero-order valence-electron chi connectivity index (χ0n) is 16.1. The van der Waals surface area contributed by atoms with Crippen LogP contribution in [0.3, 0.4) is 0 Å². The van der Waals surface area contributed by atoms with Crippen molar-refractivity contribution in [2.24, 2.45) is 10.9 Å². The van der Waals surface area contributed by atoms with E-state index in [9.17, 15) is 14.4 Å². The van der Waals surface area contributed by atoms with Crippen molar-refractivity contribution in [2.45, 2.75) is 45.6 Å². The number of esters is 2. The molecular formula is C20H24N2O5S. The molecule has 1 amide bonds. The minimum atomic E-state index is -0.432. The SMILES string of the molecule is CCOC(=O)c1ccc2c(c1)sc(=NC(=O)CC1CCCC1)n2CC(=O)OC. The number of rotatable bonds is 6. The molecule has 0 unspecified atom stereocenters. The molecule has 28 heavy (non-hydrogen) atoms. The number of benzene rings is 1. The second kappa shape index (κ2) is 9.14. The van der Waals surface area contributed by atoms with Gasteiger partial charge >= 0.3 is 11.9 Å². The highest BCUT2D eigenvalue weighted by Crippen LogP contribution is 2.27. The number of carbonyl (C=O) groups is 3. The Hall–Kier alpha value is -2.48. The van der Waals surface area contributed by atoms with Crippen LogP contribution in [0.25, 0.3) is 10.2 Å². The average Bonchev–Trinajstić information content (AvgIpc) is 3.29. The van der Waals surface area contributed by atoms with E-state index in [-0.39, 0.29) is 12.5 Å². The predicted molar refractivity (Wildman–Crippen MR) is 105 cm³/mol. The molecule has 8 heteroatoms. The van der Waals surface area contributed by atoms with Gasteiger partial charge in [0.15, 0.2) is 4.80 Å². The van der Waals surface area contributed by atoms with Gasteiger partial charge in [0, 0.05) is 6.42 Å². The van der Waals surface area contributed by atoms with Gasteiger partial charge in [-0.2, -0.15) is 4.99 Å². The lowest BCUT2D eigenvalue weighted by Gasteiger charge is -2.06. The van der Waals surface area contributed by atoms with Gasteiger partial charge in [0.2, 0.25) is 5.91 Å². The van der Waals surface area contributed by atoms with Crippen molar-refractivity contribution in [3.63, 3.8) is 0 Å². The molecule has 1 aliphatic carbocycles. The molecule has 0 saturated heterocycles. The third kappa shape index (κ3) is 4.67. The molecule has 1 fully saturated rings. The molecule has 1 aliphatic rings. The van der Waals surface area contributed by atoms with Crippen molar-refractivity contribution in [3.8, 4) is 0 Å². The summed E-state index contributed by atoms with van der Waals surface area (Å²) >= 11 is 1.27. The Morgan fingerprint density at radius 1 is 1.25 bits per heavy atom. The van der Waals surface area contributed by atoms with E-state index in [1.54, 1.807) is 29.7 Å². The largest absolute Gasteiger partial charge is 0.468 e. The van der Waals surface area contributed by atoms with Crippen LogP contribution in [0.15, 0.2) is 23.2 Å². The predicted octanol–water partition coefficient (Wildman–Crippen LogP) is 3.06. The lowest BCUT2D eigenvalue weighted by molar-refractivity contribution is -0.141. The fourth-order valence-electron chi connectivity index (χ4n) is 3.46. The van der Waals surface area contributed by atoms with Gasteiger partial charge in [0.25, 0.3) is 0 Å². The molecule has 1 saturated carbocycles. The van der Waals surface area contributed by atoms with Gasteiger partial charge in [0.1, 0.15) is 6.54 Å². The van der Waals surface area contributed by atoms with E-state index in [0.29, 0.717) is 29.3 Å². The topological polar surface area (TPSA) is 87.0 Å². The van der Waals surface area contributed by atoms with Crippen LogP contribution < -0.4 is 4.80 Å². The first-order chi connectivity index (χ1) is 13.5. The minimum absolute atomic E-state index is 0.0508. The van der Waals surface area contributed by atoms with Crippen LogP contribution in [-0.2, 0) is 25.6 Å². The van der Waals surface area contributed by atoms with Gasteiger partial charge in [0.05, 0.1) is 29.5 Å². The highest BCUT2D eigenvalue weighted by atomic mass is 32.1. The molecule has 0 N–H and O–H groups in total. The molecule has 7 nitrogen and oxygen atoms in total.